The van der Waals surface area contributed by atoms with Gasteiger partial charge in [0, 0.05) is 6.42 Å². The molecule has 0 spiro atoms. The summed E-state index contributed by atoms with van der Waals surface area (Å²) in [7, 11) is 0. The zero-order chi connectivity index (χ0) is 9.54. The first-order chi connectivity index (χ1) is 6.84. The second kappa shape index (κ2) is 3.07. The Morgan fingerprint density at radius 1 is 1.29 bits per heavy atom. The van der Waals surface area contributed by atoms with Crippen molar-refractivity contribution >= 4 is 0 Å². The minimum absolute atomic E-state index is 0.176. The van der Waals surface area contributed by atoms with Gasteiger partial charge in [-0.15, -0.1) is 0 Å². The zero-order valence-electron chi connectivity index (χ0n) is 8.27. The molecule has 1 aromatic rings. The lowest BCUT2D eigenvalue weighted by Gasteiger charge is -2.27. The first-order valence-electron chi connectivity index (χ1n) is 5.19. The molecule has 0 aromatic heterocycles. The van der Waals surface area contributed by atoms with E-state index in [0.717, 1.165) is 13.0 Å². The quantitative estimate of drug-likeness (QED) is 0.625. The van der Waals surface area contributed by atoms with Crippen LogP contribution in [0.2, 0.25) is 0 Å². The Hall–Kier alpha value is -0.860. The van der Waals surface area contributed by atoms with Crippen LogP contribution in [0.1, 0.15) is 30.6 Å². The van der Waals surface area contributed by atoms with E-state index >= 15 is 0 Å². The van der Waals surface area contributed by atoms with Gasteiger partial charge < -0.3 is 9.47 Å². The molecule has 1 saturated heterocycles. The van der Waals surface area contributed by atoms with E-state index in [-0.39, 0.29) is 12.2 Å². The van der Waals surface area contributed by atoms with E-state index in [4.69, 9.17) is 9.47 Å². The van der Waals surface area contributed by atoms with Gasteiger partial charge in [0.2, 0.25) is 0 Å². The molecule has 0 radical (unpaired) electrons. The molecule has 14 heavy (non-hydrogen) atoms. The Kier molecular flexibility index (Phi) is 1.85. The van der Waals surface area contributed by atoms with Gasteiger partial charge >= 0.3 is 0 Å². The molecule has 0 saturated carbocycles. The van der Waals surface area contributed by atoms with E-state index in [9.17, 15) is 0 Å². The van der Waals surface area contributed by atoms with Gasteiger partial charge in [-0.05, 0) is 18.1 Å². The average Bonchev–Trinajstić information content (AvgIpc) is 2.59. The van der Waals surface area contributed by atoms with Gasteiger partial charge in [-0.1, -0.05) is 24.3 Å². The van der Waals surface area contributed by atoms with Crippen LogP contribution in [-0.4, -0.2) is 12.2 Å². The Morgan fingerprint density at radius 3 is 3.07 bits per heavy atom. The highest BCUT2D eigenvalue weighted by atomic mass is 16.6. The first kappa shape index (κ1) is 8.45. The number of hydrogen-bond acceptors (Lipinski definition) is 2. The van der Waals surface area contributed by atoms with Crippen LogP contribution in [0.25, 0.3) is 0 Å². The zero-order valence-corrected chi connectivity index (χ0v) is 8.27. The van der Waals surface area contributed by atoms with Crippen molar-refractivity contribution in [3.63, 3.8) is 0 Å². The minimum Gasteiger partial charge on any atom is -0.370 e. The fourth-order valence-corrected chi connectivity index (χ4v) is 2.41. The van der Waals surface area contributed by atoms with E-state index in [1.165, 1.54) is 11.1 Å². The lowest BCUT2D eigenvalue weighted by molar-refractivity contribution is -0.0435. The lowest BCUT2D eigenvalue weighted by Crippen LogP contribution is -2.23. The molecule has 2 heteroatoms. The number of benzene rings is 1. The third-order valence-corrected chi connectivity index (χ3v) is 3.10. The molecule has 2 aliphatic rings. The summed E-state index contributed by atoms with van der Waals surface area (Å²) in [6.07, 6.45) is 1.81. The Morgan fingerprint density at radius 2 is 2.14 bits per heavy atom. The highest BCUT2D eigenvalue weighted by Crippen LogP contribution is 2.40. The molecule has 2 nitrogen and oxygen atoms in total. The van der Waals surface area contributed by atoms with Crippen molar-refractivity contribution in [3.05, 3.63) is 35.4 Å². The molecule has 1 fully saturated rings. The molecule has 3 rings (SSSR count). The van der Waals surface area contributed by atoms with Crippen LogP contribution >= 0.6 is 0 Å². The lowest BCUT2D eigenvalue weighted by atomic mass is 9.96. The van der Waals surface area contributed by atoms with Gasteiger partial charge in [-0.3, -0.25) is 0 Å². The maximum atomic E-state index is 5.87. The van der Waals surface area contributed by atoms with Gasteiger partial charge in [0.1, 0.15) is 6.10 Å². The Labute approximate surface area is 83.8 Å². The van der Waals surface area contributed by atoms with E-state index in [2.05, 4.69) is 31.2 Å². The van der Waals surface area contributed by atoms with E-state index in [1.54, 1.807) is 0 Å². The van der Waals surface area contributed by atoms with Gasteiger partial charge in [-0.25, -0.2) is 0 Å². The van der Waals surface area contributed by atoms with Crippen molar-refractivity contribution in [1.82, 2.24) is 0 Å². The topological polar surface area (TPSA) is 18.5 Å². The molecule has 0 bridgehead atoms. The van der Waals surface area contributed by atoms with Crippen LogP contribution in [0.4, 0.5) is 0 Å². The van der Waals surface area contributed by atoms with Gasteiger partial charge in [0.25, 0.3) is 0 Å². The molecular formula is C12H14O2. The molecule has 0 N–H and O–H groups in total. The largest absolute Gasteiger partial charge is 0.370 e. The van der Waals surface area contributed by atoms with Crippen molar-refractivity contribution in [1.29, 1.82) is 0 Å². The number of fused-ring (bicyclic) bond motifs is 3. The second-order valence-electron chi connectivity index (χ2n) is 4.15. The summed E-state index contributed by atoms with van der Waals surface area (Å²) >= 11 is 0. The summed E-state index contributed by atoms with van der Waals surface area (Å²) in [5, 5.41) is 0. The van der Waals surface area contributed by atoms with Crippen molar-refractivity contribution in [2.45, 2.75) is 38.3 Å². The standard InChI is InChI=1S/C12H14O2/c1-8-6-11-12(14-8)10-5-3-2-4-9(10)7-13-11/h2-5,8,11-12H,6-7H2,1H3. The molecule has 3 atom stereocenters. The molecule has 0 amide bonds. The van der Waals surface area contributed by atoms with Gasteiger partial charge in [0.05, 0.1) is 18.8 Å². The summed E-state index contributed by atoms with van der Waals surface area (Å²) in [4.78, 5) is 0. The van der Waals surface area contributed by atoms with Crippen molar-refractivity contribution in [3.8, 4) is 0 Å². The molecule has 1 aromatic carbocycles. The summed E-state index contributed by atoms with van der Waals surface area (Å²) in [6.45, 7) is 2.86. The van der Waals surface area contributed by atoms with Crippen LogP contribution in [0, 0.1) is 0 Å². The smallest absolute Gasteiger partial charge is 0.109 e. The maximum absolute atomic E-state index is 5.87. The monoisotopic (exact) mass is 190 g/mol. The van der Waals surface area contributed by atoms with Crippen LogP contribution in [0.5, 0.6) is 0 Å². The van der Waals surface area contributed by atoms with E-state index in [0.29, 0.717) is 6.10 Å². The summed E-state index contributed by atoms with van der Waals surface area (Å²) in [6, 6.07) is 8.42. The normalized spacial score (nSPS) is 35.1. The van der Waals surface area contributed by atoms with Gasteiger partial charge in [0.15, 0.2) is 0 Å². The Balaban J connectivity index is 2.01. The van der Waals surface area contributed by atoms with Crippen LogP contribution < -0.4 is 0 Å². The van der Waals surface area contributed by atoms with Crippen LogP contribution in [-0.2, 0) is 16.1 Å². The predicted molar refractivity (Wildman–Crippen MR) is 52.9 cm³/mol. The molecule has 0 aliphatic carbocycles. The second-order valence-corrected chi connectivity index (χ2v) is 4.15. The minimum atomic E-state index is 0.176. The third kappa shape index (κ3) is 1.18. The number of ether oxygens (including phenoxy) is 2. The highest BCUT2D eigenvalue weighted by molar-refractivity contribution is 5.31. The number of rotatable bonds is 0. The van der Waals surface area contributed by atoms with E-state index < -0.39 is 0 Å². The van der Waals surface area contributed by atoms with Crippen LogP contribution in [0.3, 0.4) is 0 Å². The number of hydrogen-bond donors (Lipinski definition) is 0. The molecular weight excluding hydrogens is 176 g/mol. The van der Waals surface area contributed by atoms with Crippen molar-refractivity contribution < 1.29 is 9.47 Å². The average molecular weight is 190 g/mol. The first-order valence-corrected chi connectivity index (χ1v) is 5.19. The Bertz CT molecular complexity index is 348. The van der Waals surface area contributed by atoms with Crippen molar-refractivity contribution in [2.75, 3.05) is 0 Å². The SMILES string of the molecule is CC1CC2OCc3ccccc3C2O1. The maximum Gasteiger partial charge on any atom is 0.109 e. The summed E-state index contributed by atoms with van der Waals surface area (Å²) in [5.41, 5.74) is 2.61. The molecule has 2 aliphatic heterocycles. The van der Waals surface area contributed by atoms with Crippen LogP contribution in [0.15, 0.2) is 24.3 Å². The van der Waals surface area contributed by atoms with Crippen molar-refractivity contribution in [2.24, 2.45) is 0 Å². The molecule has 74 valence electrons. The molecule has 3 unspecified atom stereocenters. The fraction of sp³-hybridized carbons (Fsp3) is 0.500. The summed E-state index contributed by atoms with van der Waals surface area (Å²) < 4.78 is 11.6. The molecule has 2 heterocycles. The summed E-state index contributed by atoms with van der Waals surface area (Å²) in [5.74, 6) is 0. The predicted octanol–water partition coefficient (Wildman–Crippen LogP) is 2.44. The third-order valence-electron chi connectivity index (χ3n) is 3.10. The van der Waals surface area contributed by atoms with Gasteiger partial charge in [-0.2, -0.15) is 0 Å². The van der Waals surface area contributed by atoms with E-state index in [1.807, 2.05) is 0 Å². The fourth-order valence-electron chi connectivity index (χ4n) is 2.41. The highest BCUT2D eigenvalue weighted by Gasteiger charge is 2.38.